The molecule has 1 aromatic carbocycles. The van der Waals surface area contributed by atoms with Crippen LogP contribution in [0, 0.1) is 17.5 Å². The van der Waals surface area contributed by atoms with Gasteiger partial charge in [0.1, 0.15) is 6.04 Å². The molecule has 1 aliphatic heterocycles. The van der Waals surface area contributed by atoms with E-state index in [1.165, 1.54) is 11.8 Å². The molecule has 114 valence electrons. The molecule has 2 atom stereocenters. The fourth-order valence-corrected chi connectivity index (χ4v) is 3.11. The van der Waals surface area contributed by atoms with Gasteiger partial charge in [0, 0.05) is 5.75 Å². The summed E-state index contributed by atoms with van der Waals surface area (Å²) in [6.07, 6.45) is 0. The van der Waals surface area contributed by atoms with Crippen molar-refractivity contribution in [1.82, 2.24) is 4.90 Å². The minimum Gasteiger partial charge on any atom is -0.480 e. The van der Waals surface area contributed by atoms with E-state index in [9.17, 15) is 22.8 Å². The van der Waals surface area contributed by atoms with Crippen molar-refractivity contribution in [3.63, 3.8) is 0 Å². The number of nitrogens with zero attached hydrogens (tertiary/aromatic N) is 1. The minimum atomic E-state index is -1.70. The van der Waals surface area contributed by atoms with Crippen LogP contribution < -0.4 is 5.32 Å². The molecule has 2 rings (SSSR count). The summed E-state index contributed by atoms with van der Waals surface area (Å²) < 4.78 is 39.4. The van der Waals surface area contributed by atoms with E-state index in [-0.39, 0.29) is 5.75 Å². The summed E-state index contributed by atoms with van der Waals surface area (Å²) in [6.45, 7) is 1.62. The summed E-state index contributed by atoms with van der Waals surface area (Å²) in [7, 11) is 0. The first-order valence-electron chi connectivity index (χ1n) is 5.90. The first-order chi connectivity index (χ1) is 9.82. The van der Waals surface area contributed by atoms with Crippen molar-refractivity contribution in [2.24, 2.45) is 0 Å². The van der Waals surface area contributed by atoms with Crippen molar-refractivity contribution in [3.8, 4) is 0 Å². The molecule has 0 saturated carbocycles. The Kier molecular flexibility index (Phi) is 4.31. The molecule has 1 aliphatic rings. The van der Waals surface area contributed by atoms with Crippen LogP contribution in [0.15, 0.2) is 12.1 Å². The monoisotopic (exact) mass is 320 g/mol. The normalized spacial score (nSPS) is 21.4. The van der Waals surface area contributed by atoms with Gasteiger partial charge in [-0.15, -0.1) is 11.8 Å². The van der Waals surface area contributed by atoms with Gasteiger partial charge in [-0.2, -0.15) is 0 Å². The van der Waals surface area contributed by atoms with Crippen LogP contribution in [0.3, 0.4) is 0 Å². The first kappa shape index (κ1) is 15.5. The molecule has 21 heavy (non-hydrogen) atoms. The molecule has 0 spiro atoms. The third-order valence-corrected chi connectivity index (χ3v) is 4.24. The molecule has 0 bridgehead atoms. The number of hydrogen-bond donors (Lipinski definition) is 2. The molecule has 2 amide bonds. The predicted octanol–water partition coefficient (Wildman–Crippen LogP) is 2.48. The van der Waals surface area contributed by atoms with Crippen molar-refractivity contribution < 1.29 is 27.9 Å². The number of anilines is 1. The average Bonchev–Trinajstić information content (AvgIpc) is 2.81. The van der Waals surface area contributed by atoms with Crippen LogP contribution in [0.4, 0.5) is 23.7 Å². The van der Waals surface area contributed by atoms with Crippen LogP contribution in [0.1, 0.15) is 6.92 Å². The number of hydrogen-bond acceptors (Lipinski definition) is 3. The quantitative estimate of drug-likeness (QED) is 0.822. The summed E-state index contributed by atoms with van der Waals surface area (Å²) in [6, 6.07) is -0.400. The van der Waals surface area contributed by atoms with Gasteiger partial charge in [0.15, 0.2) is 17.5 Å². The van der Waals surface area contributed by atoms with E-state index < -0.39 is 46.6 Å². The number of urea groups is 1. The molecular weight excluding hydrogens is 309 g/mol. The van der Waals surface area contributed by atoms with Crippen LogP contribution in [0.5, 0.6) is 0 Å². The Bertz CT molecular complexity index is 599. The maximum absolute atomic E-state index is 13.5. The Morgan fingerprint density at radius 2 is 2.00 bits per heavy atom. The Hall–Kier alpha value is -1.90. The maximum atomic E-state index is 13.5. The van der Waals surface area contributed by atoms with Crippen LogP contribution >= 0.6 is 11.8 Å². The van der Waals surface area contributed by atoms with Crippen molar-refractivity contribution >= 4 is 29.4 Å². The largest absolute Gasteiger partial charge is 0.480 e. The van der Waals surface area contributed by atoms with E-state index in [0.29, 0.717) is 6.07 Å². The lowest BCUT2D eigenvalue weighted by Crippen LogP contribution is -2.46. The van der Waals surface area contributed by atoms with Crippen LogP contribution in [-0.2, 0) is 4.79 Å². The summed E-state index contributed by atoms with van der Waals surface area (Å²) in [5.41, 5.74) is -0.549. The molecule has 0 radical (unpaired) electrons. The molecule has 1 heterocycles. The van der Waals surface area contributed by atoms with Gasteiger partial charge in [0.2, 0.25) is 0 Å². The van der Waals surface area contributed by atoms with Gasteiger partial charge in [-0.05, 0) is 19.1 Å². The van der Waals surface area contributed by atoms with Crippen molar-refractivity contribution in [3.05, 3.63) is 29.6 Å². The van der Waals surface area contributed by atoms with Gasteiger partial charge in [0.05, 0.1) is 11.1 Å². The molecular formula is C12H11F3N2O3S. The SMILES string of the molecule is CC1SCC(C(=O)O)N1C(=O)Nc1ccc(F)c(F)c1F. The van der Waals surface area contributed by atoms with Crippen molar-refractivity contribution in [1.29, 1.82) is 0 Å². The molecule has 2 N–H and O–H groups in total. The number of carboxylic acids is 1. The zero-order valence-corrected chi connectivity index (χ0v) is 11.6. The van der Waals surface area contributed by atoms with Gasteiger partial charge in [-0.25, -0.2) is 22.8 Å². The van der Waals surface area contributed by atoms with E-state index in [1.807, 2.05) is 0 Å². The molecule has 5 nitrogen and oxygen atoms in total. The zero-order valence-electron chi connectivity index (χ0n) is 10.8. The lowest BCUT2D eigenvalue weighted by atomic mass is 10.2. The fourth-order valence-electron chi connectivity index (χ4n) is 1.94. The fraction of sp³-hybridized carbons (Fsp3) is 0.333. The molecule has 1 fully saturated rings. The third-order valence-electron chi connectivity index (χ3n) is 3.02. The maximum Gasteiger partial charge on any atom is 0.327 e. The van der Waals surface area contributed by atoms with Gasteiger partial charge in [-0.3, -0.25) is 4.90 Å². The zero-order chi connectivity index (χ0) is 15.7. The highest BCUT2D eigenvalue weighted by Gasteiger charge is 2.39. The Balaban J connectivity index is 2.21. The second-order valence-corrected chi connectivity index (χ2v) is 5.70. The molecule has 1 aromatic rings. The standard InChI is InChI=1S/C12H11F3N2O3S/c1-5-17(8(4-21-5)11(18)19)12(20)16-7-3-2-6(13)9(14)10(7)15/h2-3,5,8H,4H2,1H3,(H,16,20)(H,18,19). The number of halogens is 3. The number of carbonyl (C=O) groups excluding carboxylic acids is 1. The number of aliphatic carboxylic acids is 1. The third kappa shape index (κ3) is 2.92. The number of amides is 2. The predicted molar refractivity (Wildman–Crippen MR) is 70.5 cm³/mol. The highest BCUT2D eigenvalue weighted by atomic mass is 32.2. The van der Waals surface area contributed by atoms with Crippen LogP contribution in [-0.4, -0.2) is 39.2 Å². The lowest BCUT2D eigenvalue weighted by Gasteiger charge is -2.25. The number of carbonyl (C=O) groups is 2. The van der Waals surface area contributed by atoms with Gasteiger partial charge in [-0.1, -0.05) is 0 Å². The van der Waals surface area contributed by atoms with E-state index >= 15 is 0 Å². The highest BCUT2D eigenvalue weighted by molar-refractivity contribution is 8.00. The summed E-state index contributed by atoms with van der Waals surface area (Å²) in [4.78, 5) is 24.1. The number of nitrogens with one attached hydrogen (secondary N) is 1. The number of rotatable bonds is 2. The van der Waals surface area contributed by atoms with Gasteiger partial charge in [0.25, 0.3) is 0 Å². The molecule has 0 aliphatic carbocycles. The topological polar surface area (TPSA) is 69.6 Å². The number of thioether (sulfide) groups is 1. The highest BCUT2D eigenvalue weighted by Crippen LogP contribution is 2.30. The second kappa shape index (κ2) is 5.84. The summed E-state index contributed by atoms with van der Waals surface area (Å²) in [5.74, 6) is -5.60. The Labute approximate surface area is 122 Å². The van der Waals surface area contributed by atoms with E-state index in [1.54, 1.807) is 6.92 Å². The van der Waals surface area contributed by atoms with E-state index in [2.05, 4.69) is 5.32 Å². The Morgan fingerprint density at radius 1 is 1.33 bits per heavy atom. The van der Waals surface area contributed by atoms with Gasteiger partial charge < -0.3 is 10.4 Å². The second-order valence-electron chi connectivity index (χ2n) is 4.35. The molecule has 0 aromatic heterocycles. The average molecular weight is 320 g/mol. The van der Waals surface area contributed by atoms with Crippen LogP contribution in [0.2, 0.25) is 0 Å². The van der Waals surface area contributed by atoms with Crippen molar-refractivity contribution in [2.45, 2.75) is 18.3 Å². The van der Waals surface area contributed by atoms with E-state index in [0.717, 1.165) is 11.0 Å². The Morgan fingerprint density at radius 3 is 2.62 bits per heavy atom. The minimum absolute atomic E-state index is 0.199. The number of benzene rings is 1. The smallest absolute Gasteiger partial charge is 0.327 e. The molecule has 1 saturated heterocycles. The van der Waals surface area contributed by atoms with Gasteiger partial charge >= 0.3 is 12.0 Å². The molecule has 9 heteroatoms. The summed E-state index contributed by atoms with van der Waals surface area (Å²) in [5, 5.41) is 10.7. The van der Waals surface area contributed by atoms with Crippen LogP contribution in [0.25, 0.3) is 0 Å². The first-order valence-corrected chi connectivity index (χ1v) is 6.95. The van der Waals surface area contributed by atoms with Crippen molar-refractivity contribution in [2.75, 3.05) is 11.1 Å². The summed E-state index contributed by atoms with van der Waals surface area (Å²) >= 11 is 1.25. The lowest BCUT2D eigenvalue weighted by molar-refractivity contribution is -0.141. The van der Waals surface area contributed by atoms with E-state index in [4.69, 9.17) is 5.11 Å². The number of carboxylic acid groups (broad SMARTS) is 1. The molecule has 2 unspecified atom stereocenters.